The van der Waals surface area contributed by atoms with Gasteiger partial charge >= 0.3 is 0 Å². The van der Waals surface area contributed by atoms with Gasteiger partial charge in [0.15, 0.2) is 0 Å². The molecule has 3 nitrogen and oxygen atoms in total. The lowest BCUT2D eigenvalue weighted by atomic mass is 9.99. The van der Waals surface area contributed by atoms with Crippen molar-refractivity contribution in [2.24, 2.45) is 5.92 Å². The van der Waals surface area contributed by atoms with E-state index in [1.54, 1.807) is 0 Å². The smallest absolute Gasteiger partial charge is 0.0950 e. The summed E-state index contributed by atoms with van der Waals surface area (Å²) in [5.41, 5.74) is 0.764. The van der Waals surface area contributed by atoms with Crippen LogP contribution in [0.1, 0.15) is 45.2 Å². The molecule has 0 radical (unpaired) electrons. The average Bonchev–Trinajstić information content (AvgIpc) is 2.71. The average molecular weight is 210 g/mol. The third kappa shape index (κ3) is 4.04. The van der Waals surface area contributed by atoms with Gasteiger partial charge in [-0.05, 0) is 12.3 Å². The van der Waals surface area contributed by atoms with E-state index in [1.807, 2.05) is 12.5 Å². The van der Waals surface area contributed by atoms with E-state index in [1.165, 1.54) is 25.7 Å². The number of aromatic nitrogens is 2. The van der Waals surface area contributed by atoms with E-state index < -0.39 is 0 Å². The van der Waals surface area contributed by atoms with Crippen LogP contribution in [0.4, 0.5) is 0 Å². The lowest BCUT2D eigenvalue weighted by Crippen LogP contribution is -2.08. The number of aliphatic hydroxyl groups is 1. The van der Waals surface area contributed by atoms with Crippen molar-refractivity contribution in [2.45, 2.75) is 52.7 Å². The van der Waals surface area contributed by atoms with Gasteiger partial charge in [-0.2, -0.15) is 0 Å². The quantitative estimate of drug-likeness (QED) is 0.751. The number of unbranched alkanes of at least 4 members (excludes halogenated alkanes) is 1. The van der Waals surface area contributed by atoms with Gasteiger partial charge in [0.25, 0.3) is 0 Å². The molecule has 1 N–H and O–H groups in total. The van der Waals surface area contributed by atoms with Crippen LogP contribution in [0.3, 0.4) is 0 Å². The summed E-state index contributed by atoms with van der Waals surface area (Å²) in [4.78, 5) is 4.12. The maximum atomic E-state index is 8.91. The van der Waals surface area contributed by atoms with Gasteiger partial charge in [0.2, 0.25) is 0 Å². The van der Waals surface area contributed by atoms with Crippen molar-refractivity contribution < 1.29 is 5.11 Å². The normalized spacial score (nSPS) is 13.0. The SMILES string of the molecule is CCCCC(CC)Cn1cnc(CO)c1. The zero-order valence-corrected chi connectivity index (χ0v) is 9.82. The molecule has 0 saturated carbocycles. The summed E-state index contributed by atoms with van der Waals surface area (Å²) >= 11 is 0. The van der Waals surface area contributed by atoms with E-state index in [0.29, 0.717) is 0 Å². The van der Waals surface area contributed by atoms with Gasteiger partial charge < -0.3 is 9.67 Å². The number of hydrogen-bond acceptors (Lipinski definition) is 2. The van der Waals surface area contributed by atoms with Crippen molar-refractivity contribution in [2.75, 3.05) is 0 Å². The number of rotatable bonds is 7. The highest BCUT2D eigenvalue weighted by molar-refractivity contribution is 4.94. The third-order valence-electron chi connectivity index (χ3n) is 2.86. The minimum Gasteiger partial charge on any atom is -0.390 e. The highest BCUT2D eigenvalue weighted by Crippen LogP contribution is 2.15. The topological polar surface area (TPSA) is 38.0 Å². The van der Waals surface area contributed by atoms with Crippen LogP contribution in [-0.4, -0.2) is 14.7 Å². The fraction of sp³-hybridized carbons (Fsp3) is 0.750. The van der Waals surface area contributed by atoms with E-state index in [4.69, 9.17) is 5.11 Å². The van der Waals surface area contributed by atoms with Crippen molar-refractivity contribution >= 4 is 0 Å². The Morgan fingerprint density at radius 2 is 2.27 bits per heavy atom. The van der Waals surface area contributed by atoms with E-state index in [9.17, 15) is 0 Å². The molecule has 0 aliphatic carbocycles. The fourth-order valence-corrected chi connectivity index (χ4v) is 1.80. The maximum Gasteiger partial charge on any atom is 0.0950 e. The van der Waals surface area contributed by atoms with E-state index >= 15 is 0 Å². The van der Waals surface area contributed by atoms with E-state index in [-0.39, 0.29) is 6.61 Å². The number of nitrogens with zero attached hydrogens (tertiary/aromatic N) is 2. The Labute approximate surface area is 92.1 Å². The zero-order valence-electron chi connectivity index (χ0n) is 9.82. The van der Waals surface area contributed by atoms with Gasteiger partial charge in [0, 0.05) is 12.7 Å². The summed E-state index contributed by atoms with van der Waals surface area (Å²) in [7, 11) is 0. The first-order chi connectivity index (χ1) is 7.30. The van der Waals surface area contributed by atoms with Gasteiger partial charge in [-0.1, -0.05) is 33.1 Å². The molecule has 0 aliphatic heterocycles. The minimum atomic E-state index is 0.0404. The molecule has 15 heavy (non-hydrogen) atoms. The van der Waals surface area contributed by atoms with Crippen molar-refractivity contribution in [3.05, 3.63) is 18.2 Å². The second kappa shape index (κ2) is 6.62. The second-order valence-corrected chi connectivity index (χ2v) is 4.14. The molecule has 0 aromatic carbocycles. The summed E-state index contributed by atoms with van der Waals surface area (Å²) in [5, 5.41) is 8.91. The lowest BCUT2D eigenvalue weighted by Gasteiger charge is -2.14. The first kappa shape index (κ1) is 12.2. The van der Waals surface area contributed by atoms with Gasteiger partial charge in [-0.3, -0.25) is 0 Å². The van der Waals surface area contributed by atoms with Crippen molar-refractivity contribution in [1.29, 1.82) is 0 Å². The zero-order chi connectivity index (χ0) is 11.1. The van der Waals surface area contributed by atoms with Crippen LogP contribution in [0.5, 0.6) is 0 Å². The molecule has 1 rings (SSSR count). The predicted octanol–water partition coefficient (Wildman–Crippen LogP) is 2.59. The molecule has 0 fully saturated rings. The first-order valence-corrected chi connectivity index (χ1v) is 5.91. The highest BCUT2D eigenvalue weighted by Gasteiger charge is 2.07. The number of hydrogen-bond donors (Lipinski definition) is 1. The molecule has 1 atom stereocenters. The Bertz CT molecular complexity index is 270. The molecule has 1 heterocycles. The molecule has 0 bridgehead atoms. The van der Waals surface area contributed by atoms with Crippen LogP contribution in [-0.2, 0) is 13.2 Å². The van der Waals surface area contributed by atoms with Crippen LogP contribution >= 0.6 is 0 Å². The Morgan fingerprint density at radius 1 is 1.47 bits per heavy atom. The molecular formula is C12H22N2O. The van der Waals surface area contributed by atoms with E-state index in [0.717, 1.165) is 18.2 Å². The van der Waals surface area contributed by atoms with Crippen LogP contribution in [0, 0.1) is 5.92 Å². The van der Waals surface area contributed by atoms with Crippen molar-refractivity contribution in [3.8, 4) is 0 Å². The number of imidazole rings is 1. The summed E-state index contributed by atoms with van der Waals surface area (Å²) in [5.74, 6) is 0.741. The first-order valence-electron chi connectivity index (χ1n) is 5.91. The molecule has 86 valence electrons. The summed E-state index contributed by atoms with van der Waals surface area (Å²) in [6.07, 6.45) is 8.84. The molecule has 0 spiro atoms. The molecule has 0 saturated heterocycles. The lowest BCUT2D eigenvalue weighted by molar-refractivity contribution is 0.277. The molecule has 0 amide bonds. The van der Waals surface area contributed by atoms with Gasteiger partial charge in [0.1, 0.15) is 0 Å². The van der Waals surface area contributed by atoms with Gasteiger partial charge in [0.05, 0.1) is 18.6 Å². The van der Waals surface area contributed by atoms with Crippen LogP contribution in [0.15, 0.2) is 12.5 Å². The fourth-order valence-electron chi connectivity index (χ4n) is 1.80. The molecule has 1 unspecified atom stereocenters. The Balaban J connectivity index is 2.43. The van der Waals surface area contributed by atoms with Crippen LogP contribution in [0.25, 0.3) is 0 Å². The minimum absolute atomic E-state index is 0.0404. The Kier molecular flexibility index (Phi) is 5.40. The molecule has 1 aromatic rings. The van der Waals surface area contributed by atoms with E-state index in [2.05, 4.69) is 23.4 Å². The monoisotopic (exact) mass is 210 g/mol. The predicted molar refractivity (Wildman–Crippen MR) is 61.5 cm³/mol. The molecular weight excluding hydrogens is 188 g/mol. The molecule has 0 aliphatic rings. The van der Waals surface area contributed by atoms with Crippen LogP contribution < -0.4 is 0 Å². The summed E-state index contributed by atoms with van der Waals surface area (Å²) in [6.45, 7) is 5.54. The Morgan fingerprint density at radius 3 is 2.80 bits per heavy atom. The molecule has 1 aromatic heterocycles. The Hall–Kier alpha value is -0.830. The molecule has 3 heteroatoms. The van der Waals surface area contributed by atoms with Crippen LogP contribution in [0.2, 0.25) is 0 Å². The maximum absolute atomic E-state index is 8.91. The summed E-state index contributed by atoms with van der Waals surface area (Å²) in [6, 6.07) is 0. The second-order valence-electron chi connectivity index (χ2n) is 4.14. The summed E-state index contributed by atoms with van der Waals surface area (Å²) < 4.78 is 2.09. The van der Waals surface area contributed by atoms with Crippen molar-refractivity contribution in [1.82, 2.24) is 9.55 Å². The number of aliphatic hydroxyl groups excluding tert-OH is 1. The standard InChI is InChI=1S/C12H22N2O/c1-3-5-6-11(4-2)7-14-8-12(9-15)13-10-14/h8,10-11,15H,3-7,9H2,1-2H3. The highest BCUT2D eigenvalue weighted by atomic mass is 16.3. The van der Waals surface area contributed by atoms with Gasteiger partial charge in [-0.15, -0.1) is 0 Å². The third-order valence-corrected chi connectivity index (χ3v) is 2.86. The van der Waals surface area contributed by atoms with Gasteiger partial charge in [-0.25, -0.2) is 4.98 Å². The largest absolute Gasteiger partial charge is 0.390 e. The van der Waals surface area contributed by atoms with Crippen molar-refractivity contribution in [3.63, 3.8) is 0 Å².